The number of ketones is 1. The molecular formula is C13H16O3. The fraction of sp³-hybridized carbons (Fsp3) is 0.462. The highest BCUT2D eigenvalue weighted by Crippen LogP contribution is 2.29. The van der Waals surface area contributed by atoms with Gasteiger partial charge in [0.1, 0.15) is 0 Å². The molecular weight excluding hydrogens is 204 g/mol. The van der Waals surface area contributed by atoms with Gasteiger partial charge in [-0.05, 0) is 44.4 Å². The van der Waals surface area contributed by atoms with Crippen LogP contribution < -0.4 is 9.47 Å². The van der Waals surface area contributed by atoms with Crippen LogP contribution in [0.2, 0.25) is 0 Å². The summed E-state index contributed by atoms with van der Waals surface area (Å²) in [5.41, 5.74) is 0.668. The highest BCUT2D eigenvalue weighted by Gasteiger charge is 2.10. The van der Waals surface area contributed by atoms with Crippen LogP contribution in [0.5, 0.6) is 11.5 Å². The molecule has 0 saturated carbocycles. The molecule has 0 aliphatic carbocycles. The smallest absolute Gasteiger partial charge is 0.161 e. The summed E-state index contributed by atoms with van der Waals surface area (Å²) >= 11 is 0. The Kier molecular flexibility index (Phi) is 3.44. The molecule has 0 saturated heterocycles. The van der Waals surface area contributed by atoms with Gasteiger partial charge in [-0.15, -0.1) is 0 Å². The number of benzene rings is 1. The first kappa shape index (κ1) is 11.0. The normalized spacial score (nSPS) is 15.8. The van der Waals surface area contributed by atoms with Gasteiger partial charge in [-0.25, -0.2) is 0 Å². The summed E-state index contributed by atoms with van der Waals surface area (Å²) in [5, 5.41) is 0. The van der Waals surface area contributed by atoms with Crippen molar-refractivity contribution in [2.24, 2.45) is 0 Å². The molecule has 0 N–H and O–H groups in total. The van der Waals surface area contributed by atoms with Crippen LogP contribution in [0.1, 0.15) is 36.5 Å². The Bertz CT molecular complexity index is 385. The number of hydrogen-bond acceptors (Lipinski definition) is 3. The molecule has 0 radical (unpaired) electrons. The minimum Gasteiger partial charge on any atom is -0.490 e. The Balaban J connectivity index is 2.27. The van der Waals surface area contributed by atoms with Crippen molar-refractivity contribution in [1.82, 2.24) is 0 Å². The zero-order chi connectivity index (χ0) is 11.4. The molecule has 3 nitrogen and oxygen atoms in total. The maximum absolute atomic E-state index is 11.3. The first-order valence-corrected chi connectivity index (χ1v) is 5.68. The van der Waals surface area contributed by atoms with Gasteiger partial charge in [0.15, 0.2) is 17.3 Å². The Morgan fingerprint density at radius 3 is 2.44 bits per heavy atom. The molecule has 0 unspecified atom stereocenters. The molecule has 1 aliphatic rings. The minimum absolute atomic E-state index is 0.0475. The average molecular weight is 220 g/mol. The van der Waals surface area contributed by atoms with E-state index < -0.39 is 0 Å². The molecule has 0 fully saturated rings. The molecule has 3 heteroatoms. The number of carbonyl (C=O) groups is 1. The molecule has 0 amide bonds. The van der Waals surface area contributed by atoms with Gasteiger partial charge in [-0.1, -0.05) is 0 Å². The largest absolute Gasteiger partial charge is 0.490 e. The number of rotatable bonds is 1. The van der Waals surface area contributed by atoms with Crippen molar-refractivity contribution in [2.45, 2.75) is 26.2 Å². The first-order chi connectivity index (χ1) is 7.77. The molecule has 0 aromatic heterocycles. The van der Waals surface area contributed by atoms with Crippen molar-refractivity contribution >= 4 is 5.78 Å². The molecule has 0 atom stereocenters. The first-order valence-electron chi connectivity index (χ1n) is 5.68. The van der Waals surface area contributed by atoms with Crippen LogP contribution in [0.4, 0.5) is 0 Å². The Morgan fingerprint density at radius 1 is 1.06 bits per heavy atom. The van der Waals surface area contributed by atoms with E-state index in [2.05, 4.69) is 0 Å². The van der Waals surface area contributed by atoms with E-state index in [9.17, 15) is 4.79 Å². The van der Waals surface area contributed by atoms with Crippen LogP contribution in [-0.4, -0.2) is 19.0 Å². The molecule has 1 heterocycles. The van der Waals surface area contributed by atoms with Gasteiger partial charge in [-0.3, -0.25) is 4.79 Å². The van der Waals surface area contributed by atoms with E-state index in [0.29, 0.717) is 17.9 Å². The van der Waals surface area contributed by atoms with Gasteiger partial charge in [0, 0.05) is 5.56 Å². The molecule has 1 aliphatic heterocycles. The van der Waals surface area contributed by atoms with E-state index in [4.69, 9.17) is 9.47 Å². The fourth-order valence-corrected chi connectivity index (χ4v) is 1.70. The average Bonchev–Trinajstić information content (AvgIpc) is 2.39. The lowest BCUT2D eigenvalue weighted by atomic mass is 10.1. The molecule has 1 aromatic rings. The number of Topliss-reactive ketones (excluding diaryl/α,β-unsaturated/α-hetero) is 1. The zero-order valence-corrected chi connectivity index (χ0v) is 9.49. The van der Waals surface area contributed by atoms with E-state index in [1.807, 2.05) is 6.07 Å². The quantitative estimate of drug-likeness (QED) is 0.683. The SMILES string of the molecule is CC(=O)c1ccc2c(c1)OCCCCCO2. The maximum Gasteiger partial charge on any atom is 0.161 e. The van der Waals surface area contributed by atoms with E-state index >= 15 is 0 Å². The summed E-state index contributed by atoms with van der Waals surface area (Å²) in [6.45, 7) is 2.96. The lowest BCUT2D eigenvalue weighted by Gasteiger charge is -2.11. The molecule has 1 aromatic carbocycles. The highest BCUT2D eigenvalue weighted by atomic mass is 16.5. The second kappa shape index (κ2) is 5.01. The van der Waals surface area contributed by atoms with Crippen molar-refractivity contribution in [3.63, 3.8) is 0 Å². The number of ether oxygens (including phenoxy) is 2. The van der Waals surface area contributed by atoms with Crippen LogP contribution in [0.3, 0.4) is 0 Å². The second-order valence-electron chi connectivity index (χ2n) is 3.98. The van der Waals surface area contributed by atoms with Crippen molar-refractivity contribution in [3.8, 4) is 11.5 Å². The van der Waals surface area contributed by atoms with Crippen molar-refractivity contribution in [2.75, 3.05) is 13.2 Å². The molecule has 0 bridgehead atoms. The summed E-state index contributed by atoms with van der Waals surface area (Å²) in [6, 6.07) is 5.36. The van der Waals surface area contributed by atoms with Crippen molar-refractivity contribution in [3.05, 3.63) is 23.8 Å². The van der Waals surface area contributed by atoms with Gasteiger partial charge in [0.2, 0.25) is 0 Å². The van der Waals surface area contributed by atoms with Gasteiger partial charge < -0.3 is 9.47 Å². The molecule has 2 rings (SSSR count). The summed E-state index contributed by atoms with van der Waals surface area (Å²) in [7, 11) is 0. The van der Waals surface area contributed by atoms with E-state index in [1.54, 1.807) is 19.1 Å². The second-order valence-corrected chi connectivity index (χ2v) is 3.98. The molecule has 16 heavy (non-hydrogen) atoms. The van der Waals surface area contributed by atoms with Crippen LogP contribution >= 0.6 is 0 Å². The van der Waals surface area contributed by atoms with Crippen LogP contribution in [0.25, 0.3) is 0 Å². The third-order valence-corrected chi connectivity index (χ3v) is 2.65. The van der Waals surface area contributed by atoms with Crippen LogP contribution in [0.15, 0.2) is 18.2 Å². The maximum atomic E-state index is 11.3. The topological polar surface area (TPSA) is 35.5 Å². The summed E-state index contributed by atoms with van der Waals surface area (Å²) in [4.78, 5) is 11.3. The van der Waals surface area contributed by atoms with E-state index in [-0.39, 0.29) is 5.78 Å². The van der Waals surface area contributed by atoms with Gasteiger partial charge in [0.25, 0.3) is 0 Å². The summed E-state index contributed by atoms with van der Waals surface area (Å²) in [6.07, 6.45) is 3.21. The minimum atomic E-state index is 0.0475. The Labute approximate surface area is 95.4 Å². The zero-order valence-electron chi connectivity index (χ0n) is 9.49. The molecule has 86 valence electrons. The monoisotopic (exact) mass is 220 g/mol. The predicted molar refractivity (Wildman–Crippen MR) is 61.3 cm³/mol. The van der Waals surface area contributed by atoms with Crippen molar-refractivity contribution < 1.29 is 14.3 Å². The van der Waals surface area contributed by atoms with Crippen LogP contribution in [-0.2, 0) is 0 Å². The Hall–Kier alpha value is -1.51. The summed E-state index contributed by atoms with van der Waals surface area (Å²) < 4.78 is 11.2. The fourth-order valence-electron chi connectivity index (χ4n) is 1.70. The van der Waals surface area contributed by atoms with Gasteiger partial charge in [0.05, 0.1) is 13.2 Å². The lowest BCUT2D eigenvalue weighted by molar-refractivity contribution is 0.101. The highest BCUT2D eigenvalue weighted by molar-refractivity contribution is 5.94. The number of hydrogen-bond donors (Lipinski definition) is 0. The van der Waals surface area contributed by atoms with Crippen molar-refractivity contribution in [1.29, 1.82) is 0 Å². The summed E-state index contributed by atoms with van der Waals surface area (Å²) in [5.74, 6) is 1.48. The Morgan fingerprint density at radius 2 is 1.75 bits per heavy atom. The van der Waals surface area contributed by atoms with E-state index in [1.165, 1.54) is 0 Å². The number of fused-ring (bicyclic) bond motifs is 1. The third kappa shape index (κ3) is 2.54. The number of carbonyl (C=O) groups excluding carboxylic acids is 1. The lowest BCUT2D eigenvalue weighted by Crippen LogP contribution is -2.00. The predicted octanol–water partition coefficient (Wildman–Crippen LogP) is 2.83. The van der Waals surface area contributed by atoms with Gasteiger partial charge >= 0.3 is 0 Å². The van der Waals surface area contributed by atoms with Gasteiger partial charge in [-0.2, -0.15) is 0 Å². The standard InChI is InChI=1S/C13H16O3/c1-10(14)11-5-6-12-13(9-11)16-8-4-2-3-7-15-12/h5-6,9H,2-4,7-8H2,1H3. The van der Waals surface area contributed by atoms with Crippen LogP contribution in [0, 0.1) is 0 Å². The molecule has 0 spiro atoms. The van der Waals surface area contributed by atoms with E-state index in [0.717, 1.165) is 31.6 Å². The third-order valence-electron chi connectivity index (χ3n) is 2.65.